The van der Waals surface area contributed by atoms with Crippen molar-refractivity contribution < 1.29 is 29.6 Å². The van der Waals surface area contributed by atoms with E-state index in [1.54, 1.807) is 12.2 Å². The minimum absolute atomic E-state index is 0.00916. The SMILES string of the molecule is CC(=O)OCC(O)C1(O)CCC2C3CCC4=CC(=O)C=CC4(C)C3C(O)CC21C. The van der Waals surface area contributed by atoms with Crippen LogP contribution in [-0.2, 0) is 14.3 Å². The molecule has 3 saturated carbocycles. The lowest BCUT2D eigenvalue weighted by Crippen LogP contribution is -2.62. The van der Waals surface area contributed by atoms with Gasteiger partial charge in [-0.25, -0.2) is 0 Å². The van der Waals surface area contributed by atoms with Crippen molar-refractivity contribution in [1.29, 1.82) is 0 Å². The average Bonchev–Trinajstić information content (AvgIpc) is 2.91. The first kappa shape index (κ1) is 20.8. The number of allylic oxidation sites excluding steroid dienone is 4. The van der Waals surface area contributed by atoms with E-state index < -0.39 is 29.2 Å². The Balaban J connectivity index is 1.65. The number of aliphatic hydroxyl groups is 3. The van der Waals surface area contributed by atoms with Gasteiger partial charge in [-0.05, 0) is 56.1 Å². The third-order valence-electron chi connectivity index (χ3n) is 8.71. The van der Waals surface area contributed by atoms with Crippen molar-refractivity contribution in [1.82, 2.24) is 0 Å². The number of carbonyl (C=O) groups is 2. The van der Waals surface area contributed by atoms with Crippen LogP contribution < -0.4 is 0 Å². The summed E-state index contributed by atoms with van der Waals surface area (Å²) in [4.78, 5) is 23.1. The molecule has 6 heteroatoms. The molecule has 0 heterocycles. The predicted octanol–water partition coefficient (Wildman–Crippen LogP) is 1.92. The summed E-state index contributed by atoms with van der Waals surface area (Å²) in [5.41, 5.74) is -1.33. The summed E-state index contributed by atoms with van der Waals surface area (Å²) in [6, 6.07) is 0. The van der Waals surface area contributed by atoms with Gasteiger partial charge in [0, 0.05) is 23.7 Å². The highest BCUT2D eigenvalue weighted by molar-refractivity contribution is 6.01. The summed E-state index contributed by atoms with van der Waals surface area (Å²) in [6.45, 7) is 5.12. The van der Waals surface area contributed by atoms with E-state index in [9.17, 15) is 24.9 Å². The van der Waals surface area contributed by atoms with Gasteiger partial charge in [0.25, 0.3) is 0 Å². The number of carbonyl (C=O) groups excluding carboxylic acids is 2. The number of esters is 1. The number of rotatable bonds is 3. The first-order valence-corrected chi connectivity index (χ1v) is 10.7. The lowest BCUT2D eigenvalue weighted by molar-refractivity contribution is -0.207. The molecule has 0 radical (unpaired) electrons. The van der Waals surface area contributed by atoms with Crippen LogP contribution >= 0.6 is 0 Å². The summed E-state index contributed by atoms with van der Waals surface area (Å²) in [5, 5.41) is 33.6. The largest absolute Gasteiger partial charge is 0.463 e. The van der Waals surface area contributed by atoms with Crippen LogP contribution in [0.2, 0.25) is 0 Å². The average molecular weight is 405 g/mol. The normalized spacial score (nSPS) is 47.0. The predicted molar refractivity (Wildman–Crippen MR) is 106 cm³/mol. The molecule has 0 aliphatic heterocycles. The zero-order valence-corrected chi connectivity index (χ0v) is 17.4. The van der Waals surface area contributed by atoms with E-state index in [0.29, 0.717) is 12.8 Å². The van der Waals surface area contributed by atoms with Crippen molar-refractivity contribution in [3.05, 3.63) is 23.8 Å². The van der Waals surface area contributed by atoms with Crippen LogP contribution in [0.1, 0.15) is 52.9 Å². The highest BCUT2D eigenvalue weighted by atomic mass is 16.5. The first-order chi connectivity index (χ1) is 13.5. The van der Waals surface area contributed by atoms with Gasteiger partial charge >= 0.3 is 5.97 Å². The van der Waals surface area contributed by atoms with Gasteiger partial charge in [0.15, 0.2) is 5.78 Å². The summed E-state index contributed by atoms with van der Waals surface area (Å²) >= 11 is 0. The van der Waals surface area contributed by atoms with Crippen LogP contribution in [0, 0.1) is 28.6 Å². The van der Waals surface area contributed by atoms with E-state index in [1.165, 1.54) is 6.92 Å². The maximum Gasteiger partial charge on any atom is 0.302 e. The van der Waals surface area contributed by atoms with Gasteiger partial charge in [0.2, 0.25) is 0 Å². The van der Waals surface area contributed by atoms with Gasteiger partial charge in [-0.2, -0.15) is 0 Å². The van der Waals surface area contributed by atoms with Gasteiger partial charge in [-0.3, -0.25) is 9.59 Å². The highest BCUT2D eigenvalue weighted by Gasteiger charge is 2.67. The van der Waals surface area contributed by atoms with E-state index in [0.717, 1.165) is 24.8 Å². The highest BCUT2D eigenvalue weighted by Crippen LogP contribution is 2.67. The Morgan fingerprint density at radius 1 is 1.34 bits per heavy atom. The van der Waals surface area contributed by atoms with E-state index >= 15 is 0 Å². The van der Waals surface area contributed by atoms with Crippen LogP contribution in [0.5, 0.6) is 0 Å². The van der Waals surface area contributed by atoms with Gasteiger partial charge in [-0.1, -0.05) is 25.5 Å². The minimum Gasteiger partial charge on any atom is -0.463 e. The van der Waals surface area contributed by atoms with Crippen molar-refractivity contribution in [3.63, 3.8) is 0 Å². The Labute approximate surface area is 171 Å². The van der Waals surface area contributed by atoms with Crippen LogP contribution in [0.4, 0.5) is 0 Å². The standard InChI is InChI=1S/C23H32O6/c1-13(24)29-12-19(27)23(28)9-7-17-16-5-4-14-10-15(25)6-8-21(14,2)20(16)18(26)11-22(17,23)3/h6,8,10,16-20,26-28H,4-5,7,9,11-12H2,1-3H3. The Morgan fingerprint density at radius 2 is 2.07 bits per heavy atom. The molecule has 0 bridgehead atoms. The smallest absolute Gasteiger partial charge is 0.302 e. The maximum absolute atomic E-state index is 11.9. The number of hydrogen-bond donors (Lipinski definition) is 3. The summed E-state index contributed by atoms with van der Waals surface area (Å²) in [7, 11) is 0. The molecule has 0 aromatic rings. The summed E-state index contributed by atoms with van der Waals surface area (Å²) in [6.07, 6.45) is 6.68. The zero-order chi connectivity index (χ0) is 21.2. The first-order valence-electron chi connectivity index (χ1n) is 10.7. The second kappa shape index (κ2) is 6.76. The molecule has 160 valence electrons. The molecule has 0 amide bonds. The Hall–Kier alpha value is -1.50. The van der Waals surface area contributed by atoms with Gasteiger partial charge in [0.05, 0.1) is 11.7 Å². The van der Waals surface area contributed by atoms with E-state index in [1.807, 2.05) is 13.0 Å². The fourth-order valence-electron chi connectivity index (χ4n) is 7.25. The van der Waals surface area contributed by atoms with E-state index in [4.69, 9.17) is 4.74 Å². The minimum atomic E-state index is -1.41. The molecule has 8 unspecified atom stereocenters. The Kier molecular flexibility index (Phi) is 4.84. The number of fused-ring (bicyclic) bond motifs is 5. The second-order valence-electron chi connectivity index (χ2n) is 9.99. The Morgan fingerprint density at radius 3 is 2.76 bits per heavy atom. The fraction of sp³-hybridized carbons (Fsp3) is 0.739. The molecule has 0 spiro atoms. The van der Waals surface area contributed by atoms with Crippen LogP contribution in [-0.4, -0.2) is 51.5 Å². The molecule has 6 nitrogen and oxygen atoms in total. The summed E-state index contributed by atoms with van der Waals surface area (Å²) in [5.74, 6) is -0.155. The molecule has 3 N–H and O–H groups in total. The molecule has 8 atom stereocenters. The fourth-order valence-corrected chi connectivity index (χ4v) is 7.25. The lowest BCUT2D eigenvalue weighted by atomic mass is 9.46. The third-order valence-corrected chi connectivity index (χ3v) is 8.71. The molecule has 4 aliphatic carbocycles. The van der Waals surface area contributed by atoms with Gasteiger partial charge < -0.3 is 20.1 Å². The third kappa shape index (κ3) is 2.87. The van der Waals surface area contributed by atoms with Crippen molar-refractivity contribution in [2.45, 2.75) is 70.7 Å². The van der Waals surface area contributed by atoms with Crippen LogP contribution in [0.15, 0.2) is 23.8 Å². The molecular weight excluding hydrogens is 372 g/mol. The van der Waals surface area contributed by atoms with Gasteiger partial charge in [0.1, 0.15) is 12.7 Å². The number of ether oxygens (including phenoxy) is 1. The molecule has 4 aliphatic rings. The molecule has 4 rings (SSSR count). The second-order valence-corrected chi connectivity index (χ2v) is 9.99. The monoisotopic (exact) mass is 404 g/mol. The molecule has 0 saturated heterocycles. The molecule has 0 aromatic carbocycles. The Bertz CT molecular complexity index is 786. The maximum atomic E-state index is 11.9. The van der Waals surface area contributed by atoms with Crippen LogP contribution in [0.25, 0.3) is 0 Å². The lowest BCUT2D eigenvalue weighted by Gasteiger charge is -2.60. The van der Waals surface area contributed by atoms with Crippen molar-refractivity contribution in [2.24, 2.45) is 28.6 Å². The number of aliphatic hydroxyl groups excluding tert-OH is 2. The van der Waals surface area contributed by atoms with E-state index in [2.05, 4.69) is 6.92 Å². The molecule has 3 fully saturated rings. The topological polar surface area (TPSA) is 104 Å². The van der Waals surface area contributed by atoms with E-state index in [-0.39, 0.29) is 35.6 Å². The van der Waals surface area contributed by atoms with Crippen molar-refractivity contribution in [3.8, 4) is 0 Å². The molecule has 0 aromatic heterocycles. The zero-order valence-electron chi connectivity index (χ0n) is 17.4. The summed E-state index contributed by atoms with van der Waals surface area (Å²) < 4.78 is 4.98. The quantitative estimate of drug-likeness (QED) is 0.621. The van der Waals surface area contributed by atoms with Gasteiger partial charge in [-0.15, -0.1) is 0 Å². The van der Waals surface area contributed by atoms with Crippen LogP contribution in [0.3, 0.4) is 0 Å². The number of ketones is 1. The molecule has 29 heavy (non-hydrogen) atoms. The molecular formula is C23H32O6. The number of hydrogen-bond acceptors (Lipinski definition) is 6. The van der Waals surface area contributed by atoms with Crippen molar-refractivity contribution >= 4 is 11.8 Å². The van der Waals surface area contributed by atoms with Crippen molar-refractivity contribution in [2.75, 3.05) is 6.61 Å².